The summed E-state index contributed by atoms with van der Waals surface area (Å²) in [5.74, 6) is -0.560. The lowest BCUT2D eigenvalue weighted by atomic mass is 10.00. The summed E-state index contributed by atoms with van der Waals surface area (Å²) in [6.07, 6.45) is 0.515. The molecule has 2 aromatic carbocycles. The van der Waals surface area contributed by atoms with E-state index in [2.05, 4.69) is 17.6 Å². The second kappa shape index (κ2) is 8.44. The first-order valence-corrected chi connectivity index (χ1v) is 7.93. The molecule has 1 atom stereocenters. The fourth-order valence-corrected chi connectivity index (χ4v) is 2.40. The first-order chi connectivity index (χ1) is 11.1. The number of rotatable bonds is 7. The van der Waals surface area contributed by atoms with Crippen molar-refractivity contribution in [1.82, 2.24) is 5.32 Å². The van der Waals surface area contributed by atoms with E-state index in [1.54, 1.807) is 6.07 Å². The summed E-state index contributed by atoms with van der Waals surface area (Å²) in [6, 6.07) is 14.2. The van der Waals surface area contributed by atoms with Gasteiger partial charge in [-0.2, -0.15) is 0 Å². The minimum atomic E-state index is -0.272. The van der Waals surface area contributed by atoms with Crippen LogP contribution in [0.4, 0.5) is 10.1 Å². The van der Waals surface area contributed by atoms with E-state index in [4.69, 9.17) is 0 Å². The molecule has 122 valence electrons. The first-order valence-electron chi connectivity index (χ1n) is 7.93. The molecule has 2 rings (SSSR count). The van der Waals surface area contributed by atoms with Crippen molar-refractivity contribution in [3.05, 3.63) is 65.5 Å². The molecule has 1 amide bonds. The Labute approximate surface area is 136 Å². The molecule has 0 aromatic heterocycles. The average Bonchev–Trinajstić information content (AvgIpc) is 2.53. The van der Waals surface area contributed by atoms with Crippen LogP contribution in [-0.2, 0) is 17.8 Å². The largest absolute Gasteiger partial charge is 0.326 e. The van der Waals surface area contributed by atoms with E-state index in [0.717, 1.165) is 29.9 Å². The van der Waals surface area contributed by atoms with Gasteiger partial charge in [0.25, 0.3) is 0 Å². The van der Waals surface area contributed by atoms with Crippen LogP contribution in [0.15, 0.2) is 48.5 Å². The van der Waals surface area contributed by atoms with Gasteiger partial charge >= 0.3 is 0 Å². The summed E-state index contributed by atoms with van der Waals surface area (Å²) >= 11 is 0. The number of benzene rings is 2. The molecule has 0 saturated carbocycles. The van der Waals surface area contributed by atoms with Crippen molar-refractivity contribution in [2.24, 2.45) is 5.92 Å². The minimum absolute atomic E-state index is 0.0603. The van der Waals surface area contributed by atoms with Gasteiger partial charge in [0.15, 0.2) is 0 Å². The van der Waals surface area contributed by atoms with Crippen LogP contribution in [0.2, 0.25) is 0 Å². The maximum atomic E-state index is 13.2. The van der Waals surface area contributed by atoms with E-state index in [1.165, 1.54) is 12.1 Å². The molecule has 0 spiro atoms. The van der Waals surface area contributed by atoms with E-state index in [0.29, 0.717) is 6.42 Å². The van der Waals surface area contributed by atoms with Crippen LogP contribution < -0.4 is 10.6 Å². The number of carbonyl (C=O) groups is 1. The third kappa shape index (κ3) is 5.49. The summed E-state index contributed by atoms with van der Waals surface area (Å²) in [5, 5.41) is 6.19. The number of halogens is 1. The Balaban J connectivity index is 1.95. The maximum absolute atomic E-state index is 13.2. The van der Waals surface area contributed by atoms with Crippen LogP contribution in [-0.4, -0.2) is 12.5 Å². The Morgan fingerprint density at radius 2 is 1.87 bits per heavy atom. The number of nitrogens with one attached hydrogen (secondary N) is 2. The Morgan fingerprint density at radius 1 is 1.13 bits per heavy atom. The van der Waals surface area contributed by atoms with Gasteiger partial charge in [-0.1, -0.05) is 38.1 Å². The molecule has 2 N–H and O–H groups in total. The van der Waals surface area contributed by atoms with Crippen molar-refractivity contribution < 1.29 is 9.18 Å². The van der Waals surface area contributed by atoms with Crippen LogP contribution in [0.5, 0.6) is 0 Å². The van der Waals surface area contributed by atoms with Crippen LogP contribution in [0.3, 0.4) is 0 Å². The number of hydrogen-bond acceptors (Lipinski definition) is 2. The second-order valence-electron chi connectivity index (χ2n) is 5.71. The molecule has 1 unspecified atom stereocenters. The second-order valence-corrected chi connectivity index (χ2v) is 5.71. The lowest BCUT2D eigenvalue weighted by molar-refractivity contribution is -0.119. The molecule has 4 heteroatoms. The van der Waals surface area contributed by atoms with Gasteiger partial charge in [-0.05, 0) is 48.4 Å². The highest BCUT2D eigenvalue weighted by atomic mass is 19.1. The highest BCUT2D eigenvalue weighted by molar-refractivity contribution is 5.92. The summed E-state index contributed by atoms with van der Waals surface area (Å²) in [6.45, 7) is 5.59. The molecule has 3 nitrogen and oxygen atoms in total. The Kier molecular flexibility index (Phi) is 6.29. The highest BCUT2D eigenvalue weighted by Gasteiger charge is 2.14. The molecule has 23 heavy (non-hydrogen) atoms. The van der Waals surface area contributed by atoms with Gasteiger partial charge in [0.2, 0.25) is 5.91 Å². The minimum Gasteiger partial charge on any atom is -0.326 e. The lowest BCUT2D eigenvalue weighted by Gasteiger charge is -2.13. The van der Waals surface area contributed by atoms with E-state index >= 15 is 0 Å². The predicted octanol–water partition coefficient (Wildman–Crippen LogP) is 3.75. The zero-order valence-corrected chi connectivity index (χ0v) is 13.6. The van der Waals surface area contributed by atoms with E-state index < -0.39 is 0 Å². The van der Waals surface area contributed by atoms with Crippen molar-refractivity contribution in [2.45, 2.75) is 26.8 Å². The molecule has 0 radical (unpaired) electrons. The lowest BCUT2D eigenvalue weighted by Crippen LogP contribution is -2.22. The quantitative estimate of drug-likeness (QED) is 0.817. The van der Waals surface area contributed by atoms with Gasteiger partial charge in [-0.15, -0.1) is 0 Å². The Bertz CT molecular complexity index is 657. The summed E-state index contributed by atoms with van der Waals surface area (Å²) in [7, 11) is 0. The van der Waals surface area contributed by atoms with Gasteiger partial charge in [-0.25, -0.2) is 4.39 Å². The van der Waals surface area contributed by atoms with Gasteiger partial charge in [0.1, 0.15) is 5.82 Å². The van der Waals surface area contributed by atoms with Crippen LogP contribution in [0.25, 0.3) is 0 Å². The summed E-state index contributed by atoms with van der Waals surface area (Å²) < 4.78 is 13.2. The van der Waals surface area contributed by atoms with Gasteiger partial charge < -0.3 is 10.6 Å². The van der Waals surface area contributed by atoms with Crippen molar-refractivity contribution in [2.75, 3.05) is 11.9 Å². The molecular weight excluding hydrogens is 291 g/mol. The number of carbonyl (C=O) groups excluding carboxylic acids is 1. The van der Waals surface area contributed by atoms with Gasteiger partial charge in [0.05, 0.1) is 0 Å². The molecule has 0 aliphatic carbocycles. The third-order valence-corrected chi connectivity index (χ3v) is 3.65. The van der Waals surface area contributed by atoms with Crippen LogP contribution >= 0.6 is 0 Å². The van der Waals surface area contributed by atoms with Crippen molar-refractivity contribution in [3.63, 3.8) is 0 Å². The van der Waals surface area contributed by atoms with Crippen LogP contribution in [0.1, 0.15) is 25.0 Å². The molecule has 0 saturated heterocycles. The Morgan fingerprint density at radius 3 is 2.61 bits per heavy atom. The highest BCUT2D eigenvalue weighted by Crippen LogP contribution is 2.15. The number of amides is 1. The summed E-state index contributed by atoms with van der Waals surface area (Å²) in [5.41, 5.74) is 2.74. The van der Waals surface area contributed by atoms with Crippen molar-refractivity contribution >= 4 is 11.6 Å². The van der Waals surface area contributed by atoms with E-state index in [9.17, 15) is 9.18 Å². The van der Waals surface area contributed by atoms with Crippen LogP contribution in [0, 0.1) is 11.7 Å². The summed E-state index contributed by atoms with van der Waals surface area (Å²) in [4.78, 5) is 12.3. The molecule has 0 bridgehead atoms. The molecular formula is C19H23FN2O. The predicted molar refractivity (Wildman–Crippen MR) is 91.7 cm³/mol. The fraction of sp³-hybridized carbons (Fsp3) is 0.316. The SMILES string of the molecule is CCNCc1cccc(NC(=O)C(C)Cc2cccc(F)c2)c1. The molecule has 0 aliphatic rings. The Hall–Kier alpha value is -2.20. The molecule has 0 aliphatic heterocycles. The smallest absolute Gasteiger partial charge is 0.227 e. The number of hydrogen-bond donors (Lipinski definition) is 2. The molecule has 2 aromatic rings. The fourth-order valence-electron chi connectivity index (χ4n) is 2.40. The van der Waals surface area contributed by atoms with Gasteiger partial charge in [0, 0.05) is 18.2 Å². The van der Waals surface area contributed by atoms with Gasteiger partial charge in [-0.3, -0.25) is 4.79 Å². The zero-order valence-electron chi connectivity index (χ0n) is 13.6. The third-order valence-electron chi connectivity index (χ3n) is 3.65. The van der Waals surface area contributed by atoms with E-state index in [1.807, 2.05) is 37.3 Å². The first kappa shape index (κ1) is 17.2. The molecule has 0 fully saturated rings. The molecule has 0 heterocycles. The number of anilines is 1. The van der Waals surface area contributed by atoms with Crippen molar-refractivity contribution in [3.8, 4) is 0 Å². The zero-order chi connectivity index (χ0) is 16.7. The standard InChI is InChI=1S/C19H23FN2O/c1-3-21-13-16-7-5-9-18(12-16)22-19(23)14(2)10-15-6-4-8-17(20)11-15/h4-9,11-12,14,21H,3,10,13H2,1-2H3,(H,22,23). The average molecular weight is 314 g/mol. The van der Waals surface area contributed by atoms with Crippen molar-refractivity contribution in [1.29, 1.82) is 0 Å². The topological polar surface area (TPSA) is 41.1 Å². The maximum Gasteiger partial charge on any atom is 0.227 e. The monoisotopic (exact) mass is 314 g/mol. The normalized spacial score (nSPS) is 12.0. The van der Waals surface area contributed by atoms with E-state index in [-0.39, 0.29) is 17.6 Å².